The molecule has 1 aromatic rings. The van der Waals surface area contributed by atoms with Gasteiger partial charge in [-0.2, -0.15) is 0 Å². The van der Waals surface area contributed by atoms with Gasteiger partial charge in [-0.15, -0.1) is 0 Å². The van der Waals surface area contributed by atoms with Crippen molar-refractivity contribution in [3.63, 3.8) is 0 Å². The van der Waals surface area contributed by atoms with Crippen LogP contribution in [0.1, 0.15) is 13.3 Å². The van der Waals surface area contributed by atoms with Gasteiger partial charge in [0, 0.05) is 17.8 Å². The van der Waals surface area contributed by atoms with Crippen molar-refractivity contribution in [2.45, 2.75) is 19.6 Å². The van der Waals surface area contributed by atoms with Gasteiger partial charge in [0.05, 0.1) is 4.92 Å². The molecule has 0 aliphatic rings. The van der Waals surface area contributed by atoms with Gasteiger partial charge in [-0.25, -0.2) is 0 Å². The highest BCUT2D eigenvalue weighted by atomic mass is 16.6. The summed E-state index contributed by atoms with van der Waals surface area (Å²) in [5.41, 5.74) is 0.714. The average molecular weight is 196 g/mol. The number of aliphatic hydroxyl groups excluding tert-OH is 1. The lowest BCUT2D eigenvalue weighted by atomic mass is 10.2. The SMILES string of the molecule is CCC(O)Nc1ccc([N+](=O)[O-])cc1. The molecule has 1 rings (SSSR count). The maximum Gasteiger partial charge on any atom is 0.269 e. The number of aliphatic hydroxyl groups is 1. The van der Waals surface area contributed by atoms with Crippen LogP contribution in [0.15, 0.2) is 24.3 Å². The molecule has 5 nitrogen and oxygen atoms in total. The topological polar surface area (TPSA) is 75.4 Å². The third-order valence-corrected chi connectivity index (χ3v) is 1.80. The molecule has 0 spiro atoms. The molecule has 14 heavy (non-hydrogen) atoms. The normalized spacial score (nSPS) is 12.1. The Morgan fingerprint density at radius 3 is 2.50 bits per heavy atom. The standard InChI is InChI=1S/C9H12N2O3/c1-2-9(12)10-7-3-5-8(6-4-7)11(13)14/h3-6,9-10,12H,2H2,1H3. The molecule has 0 aliphatic heterocycles. The van der Waals surface area contributed by atoms with Crippen molar-refractivity contribution < 1.29 is 10.0 Å². The zero-order chi connectivity index (χ0) is 10.6. The Morgan fingerprint density at radius 2 is 2.07 bits per heavy atom. The van der Waals surface area contributed by atoms with Gasteiger partial charge in [-0.3, -0.25) is 10.1 Å². The Kier molecular flexibility index (Phi) is 3.41. The minimum absolute atomic E-state index is 0.0431. The number of nitro benzene ring substituents is 1. The van der Waals surface area contributed by atoms with E-state index in [4.69, 9.17) is 0 Å². The van der Waals surface area contributed by atoms with Crippen molar-refractivity contribution >= 4 is 11.4 Å². The van der Waals surface area contributed by atoms with Gasteiger partial charge in [-0.05, 0) is 18.6 Å². The second-order valence-electron chi connectivity index (χ2n) is 2.87. The molecule has 0 fully saturated rings. The number of nitro groups is 1. The third kappa shape index (κ3) is 2.70. The summed E-state index contributed by atoms with van der Waals surface area (Å²) < 4.78 is 0. The van der Waals surface area contributed by atoms with Crippen molar-refractivity contribution in [1.82, 2.24) is 0 Å². The molecular formula is C9H12N2O3. The summed E-state index contributed by atoms with van der Waals surface area (Å²) in [4.78, 5) is 9.87. The molecule has 1 atom stereocenters. The number of benzene rings is 1. The van der Waals surface area contributed by atoms with E-state index in [1.165, 1.54) is 12.1 Å². The van der Waals surface area contributed by atoms with Crippen LogP contribution >= 0.6 is 0 Å². The second-order valence-corrected chi connectivity index (χ2v) is 2.87. The van der Waals surface area contributed by atoms with Crippen LogP contribution in [-0.4, -0.2) is 16.3 Å². The van der Waals surface area contributed by atoms with Gasteiger partial charge in [0.2, 0.25) is 0 Å². The van der Waals surface area contributed by atoms with E-state index in [2.05, 4.69) is 5.32 Å². The van der Waals surface area contributed by atoms with Crippen molar-refractivity contribution in [3.05, 3.63) is 34.4 Å². The lowest BCUT2D eigenvalue weighted by molar-refractivity contribution is -0.384. The van der Waals surface area contributed by atoms with E-state index in [0.29, 0.717) is 12.1 Å². The quantitative estimate of drug-likeness (QED) is 0.437. The Morgan fingerprint density at radius 1 is 1.50 bits per heavy atom. The summed E-state index contributed by atoms with van der Waals surface area (Å²) in [5.74, 6) is 0. The number of hydrogen-bond donors (Lipinski definition) is 2. The first-order chi connectivity index (χ1) is 6.63. The number of nitrogens with zero attached hydrogens (tertiary/aromatic N) is 1. The largest absolute Gasteiger partial charge is 0.374 e. The van der Waals surface area contributed by atoms with Gasteiger partial charge >= 0.3 is 0 Å². The number of hydrogen-bond acceptors (Lipinski definition) is 4. The molecule has 2 N–H and O–H groups in total. The van der Waals surface area contributed by atoms with E-state index >= 15 is 0 Å². The first-order valence-corrected chi connectivity index (χ1v) is 4.32. The van der Waals surface area contributed by atoms with Crippen LogP contribution in [0.3, 0.4) is 0 Å². The first-order valence-electron chi connectivity index (χ1n) is 4.32. The van der Waals surface area contributed by atoms with Gasteiger partial charge in [0.25, 0.3) is 5.69 Å². The monoisotopic (exact) mass is 196 g/mol. The first kappa shape index (κ1) is 10.5. The van der Waals surface area contributed by atoms with Crippen molar-refractivity contribution in [2.75, 3.05) is 5.32 Å². The minimum atomic E-state index is -0.614. The second kappa shape index (κ2) is 4.57. The van der Waals surface area contributed by atoms with E-state index in [1.807, 2.05) is 6.92 Å². The van der Waals surface area contributed by atoms with Crippen LogP contribution in [0, 0.1) is 10.1 Å². The van der Waals surface area contributed by atoms with Gasteiger partial charge in [0.15, 0.2) is 0 Å². The van der Waals surface area contributed by atoms with Gasteiger partial charge in [-0.1, -0.05) is 6.92 Å². The highest BCUT2D eigenvalue weighted by molar-refractivity contribution is 5.48. The molecule has 1 aromatic carbocycles. The van der Waals surface area contributed by atoms with Crippen molar-refractivity contribution in [2.24, 2.45) is 0 Å². The van der Waals surface area contributed by atoms with E-state index in [1.54, 1.807) is 12.1 Å². The molecule has 0 bridgehead atoms. The van der Waals surface area contributed by atoms with Gasteiger partial charge in [0.1, 0.15) is 6.23 Å². The van der Waals surface area contributed by atoms with Crippen molar-refractivity contribution in [3.8, 4) is 0 Å². The number of non-ortho nitro benzene ring substituents is 1. The summed E-state index contributed by atoms with van der Waals surface area (Å²) in [7, 11) is 0. The van der Waals surface area contributed by atoms with Crippen molar-refractivity contribution in [1.29, 1.82) is 0 Å². The van der Waals surface area contributed by atoms with Gasteiger partial charge < -0.3 is 10.4 Å². The molecule has 0 amide bonds. The van der Waals surface area contributed by atoms with Crippen LogP contribution in [-0.2, 0) is 0 Å². The molecule has 0 saturated heterocycles. The lowest BCUT2D eigenvalue weighted by Gasteiger charge is -2.10. The highest BCUT2D eigenvalue weighted by Gasteiger charge is 2.05. The highest BCUT2D eigenvalue weighted by Crippen LogP contribution is 2.15. The molecule has 0 heterocycles. The van der Waals surface area contributed by atoms with Crippen LogP contribution in [0.2, 0.25) is 0 Å². The zero-order valence-electron chi connectivity index (χ0n) is 7.80. The average Bonchev–Trinajstić information content (AvgIpc) is 2.18. The van der Waals surface area contributed by atoms with E-state index < -0.39 is 11.2 Å². The van der Waals surface area contributed by atoms with Crippen LogP contribution < -0.4 is 5.32 Å². The summed E-state index contributed by atoms with van der Waals surface area (Å²) in [6.45, 7) is 1.84. The van der Waals surface area contributed by atoms with E-state index in [-0.39, 0.29) is 5.69 Å². The summed E-state index contributed by atoms with van der Waals surface area (Å²) >= 11 is 0. The predicted molar refractivity (Wildman–Crippen MR) is 53.0 cm³/mol. The third-order valence-electron chi connectivity index (χ3n) is 1.80. The zero-order valence-corrected chi connectivity index (χ0v) is 7.80. The summed E-state index contributed by atoms with van der Waals surface area (Å²) in [6, 6.07) is 5.92. The molecular weight excluding hydrogens is 184 g/mol. The van der Waals surface area contributed by atoms with Crippen LogP contribution in [0.4, 0.5) is 11.4 Å². The fourth-order valence-electron chi connectivity index (χ4n) is 0.974. The molecule has 0 aliphatic carbocycles. The number of anilines is 1. The molecule has 76 valence electrons. The smallest absolute Gasteiger partial charge is 0.269 e. The fraction of sp³-hybridized carbons (Fsp3) is 0.333. The lowest BCUT2D eigenvalue weighted by Crippen LogP contribution is -2.16. The molecule has 1 unspecified atom stereocenters. The van der Waals surface area contributed by atoms with Crippen LogP contribution in [0.25, 0.3) is 0 Å². The predicted octanol–water partition coefficient (Wildman–Crippen LogP) is 1.74. The van der Waals surface area contributed by atoms with E-state index in [9.17, 15) is 15.2 Å². The fourth-order valence-corrected chi connectivity index (χ4v) is 0.974. The molecule has 0 saturated carbocycles. The Labute approximate surface area is 81.5 Å². The number of rotatable bonds is 4. The molecule has 0 radical (unpaired) electrons. The Hall–Kier alpha value is -1.62. The maximum absolute atomic E-state index is 10.3. The maximum atomic E-state index is 10.3. The molecule has 0 aromatic heterocycles. The van der Waals surface area contributed by atoms with Crippen LogP contribution in [0.5, 0.6) is 0 Å². The minimum Gasteiger partial charge on any atom is -0.374 e. The number of nitrogens with one attached hydrogen (secondary N) is 1. The summed E-state index contributed by atoms with van der Waals surface area (Å²) in [5, 5.41) is 22.4. The Balaban J connectivity index is 2.68. The molecule has 5 heteroatoms. The summed E-state index contributed by atoms with van der Waals surface area (Å²) in [6.07, 6.45) is -0.0340. The Bertz CT molecular complexity index is 310. The van der Waals surface area contributed by atoms with E-state index in [0.717, 1.165) is 0 Å².